The molecule has 96 valence electrons. The van der Waals surface area contributed by atoms with Crippen LogP contribution in [0.15, 0.2) is 59.0 Å². The average Bonchev–Trinajstić information content (AvgIpc) is 2.37. The third-order valence-corrected chi connectivity index (χ3v) is 4.84. The largest absolute Gasteiger partial charge is 0.126 e. The van der Waals surface area contributed by atoms with Gasteiger partial charge in [0, 0.05) is 10.6 Å². The molecule has 0 saturated carbocycles. The lowest BCUT2D eigenvalue weighted by Crippen LogP contribution is -2.20. The maximum Gasteiger partial charge on any atom is 0.00721 e. The fraction of sp³-hybridized carbons (Fsp3) is 0.412. The van der Waals surface area contributed by atoms with Crippen LogP contribution in [0.2, 0.25) is 0 Å². The van der Waals surface area contributed by atoms with Crippen LogP contribution in [0, 0.1) is 11.8 Å². The summed E-state index contributed by atoms with van der Waals surface area (Å²) in [5.74, 6) is 2.49. The standard InChI is InChI=1S/C17H22S/c1-13(2)17-10-9-14(3)11-15(17)12-18-16-7-5-4-6-8-16/h4-8,11,15,17H,1,9-10,12H2,2-3H3/t15-,17-/m1/s1. The molecule has 0 aliphatic heterocycles. The smallest absolute Gasteiger partial charge is 0.00721 e. The fourth-order valence-corrected chi connectivity index (χ4v) is 3.71. The van der Waals surface area contributed by atoms with Crippen molar-refractivity contribution in [1.29, 1.82) is 0 Å². The molecule has 0 spiro atoms. The highest BCUT2D eigenvalue weighted by Gasteiger charge is 2.24. The van der Waals surface area contributed by atoms with Gasteiger partial charge in [0.05, 0.1) is 0 Å². The Balaban J connectivity index is 2.01. The molecule has 1 heteroatoms. The molecule has 0 fully saturated rings. The van der Waals surface area contributed by atoms with Gasteiger partial charge in [0.2, 0.25) is 0 Å². The average molecular weight is 258 g/mol. The summed E-state index contributed by atoms with van der Waals surface area (Å²) in [6.07, 6.45) is 4.99. The summed E-state index contributed by atoms with van der Waals surface area (Å²) in [7, 11) is 0. The Kier molecular flexibility index (Phi) is 4.71. The van der Waals surface area contributed by atoms with Gasteiger partial charge >= 0.3 is 0 Å². The second kappa shape index (κ2) is 6.29. The van der Waals surface area contributed by atoms with Crippen LogP contribution < -0.4 is 0 Å². The molecule has 0 bridgehead atoms. The lowest BCUT2D eigenvalue weighted by atomic mass is 9.78. The van der Waals surface area contributed by atoms with Crippen LogP contribution in [0.1, 0.15) is 26.7 Å². The van der Waals surface area contributed by atoms with E-state index in [0.717, 1.165) is 0 Å². The summed E-state index contributed by atoms with van der Waals surface area (Å²) in [6.45, 7) is 8.61. The van der Waals surface area contributed by atoms with E-state index in [4.69, 9.17) is 0 Å². The quantitative estimate of drug-likeness (QED) is 0.520. The Morgan fingerprint density at radius 1 is 1.33 bits per heavy atom. The summed E-state index contributed by atoms with van der Waals surface area (Å²) >= 11 is 1.96. The summed E-state index contributed by atoms with van der Waals surface area (Å²) in [6, 6.07) is 10.7. The molecule has 2 rings (SSSR count). The van der Waals surface area contributed by atoms with Crippen LogP contribution in [0.3, 0.4) is 0 Å². The minimum absolute atomic E-state index is 0.654. The molecule has 1 aromatic carbocycles. The highest BCUT2D eigenvalue weighted by atomic mass is 32.2. The van der Waals surface area contributed by atoms with Gasteiger partial charge in [0.15, 0.2) is 0 Å². The van der Waals surface area contributed by atoms with Gasteiger partial charge in [-0.05, 0) is 50.7 Å². The molecule has 0 N–H and O–H groups in total. The molecule has 1 aliphatic carbocycles. The molecule has 0 heterocycles. The summed E-state index contributed by atoms with van der Waals surface area (Å²) in [5, 5.41) is 0. The zero-order valence-electron chi connectivity index (χ0n) is 11.4. The van der Waals surface area contributed by atoms with Crippen molar-refractivity contribution in [3.05, 3.63) is 54.1 Å². The van der Waals surface area contributed by atoms with Gasteiger partial charge in [-0.2, -0.15) is 0 Å². The molecule has 0 aromatic heterocycles. The van der Waals surface area contributed by atoms with Gasteiger partial charge in [-0.3, -0.25) is 0 Å². The van der Waals surface area contributed by atoms with Gasteiger partial charge in [-0.25, -0.2) is 0 Å². The summed E-state index contributed by atoms with van der Waals surface area (Å²) in [4.78, 5) is 1.37. The molecule has 0 amide bonds. The summed E-state index contributed by atoms with van der Waals surface area (Å²) < 4.78 is 0. The van der Waals surface area contributed by atoms with Crippen LogP contribution in [0.4, 0.5) is 0 Å². The van der Waals surface area contributed by atoms with Crippen molar-refractivity contribution >= 4 is 11.8 Å². The maximum atomic E-state index is 4.17. The number of hydrogen-bond donors (Lipinski definition) is 0. The van der Waals surface area contributed by atoms with Gasteiger partial charge in [-0.15, -0.1) is 11.8 Å². The zero-order valence-corrected chi connectivity index (χ0v) is 12.2. The Labute approximate surface area is 115 Å². The van der Waals surface area contributed by atoms with E-state index in [-0.39, 0.29) is 0 Å². The molecule has 2 atom stereocenters. The lowest BCUT2D eigenvalue weighted by Gasteiger charge is -2.30. The normalized spacial score (nSPS) is 23.6. The van der Waals surface area contributed by atoms with Crippen LogP contribution in [-0.4, -0.2) is 5.75 Å². The van der Waals surface area contributed by atoms with E-state index in [0.29, 0.717) is 11.8 Å². The monoisotopic (exact) mass is 258 g/mol. The third-order valence-electron chi connectivity index (χ3n) is 3.68. The number of rotatable bonds is 4. The Morgan fingerprint density at radius 3 is 2.72 bits per heavy atom. The van der Waals surface area contributed by atoms with E-state index in [2.05, 4.69) is 56.8 Å². The van der Waals surface area contributed by atoms with E-state index in [9.17, 15) is 0 Å². The highest BCUT2D eigenvalue weighted by Crippen LogP contribution is 2.36. The molecule has 1 aliphatic rings. The van der Waals surface area contributed by atoms with Crippen molar-refractivity contribution in [2.75, 3.05) is 5.75 Å². The molecule has 0 unspecified atom stereocenters. The van der Waals surface area contributed by atoms with Crippen LogP contribution >= 0.6 is 11.8 Å². The minimum Gasteiger partial charge on any atom is -0.126 e. The zero-order chi connectivity index (χ0) is 13.0. The third kappa shape index (κ3) is 3.52. The van der Waals surface area contributed by atoms with E-state index >= 15 is 0 Å². The van der Waals surface area contributed by atoms with Crippen molar-refractivity contribution in [2.45, 2.75) is 31.6 Å². The van der Waals surface area contributed by atoms with Crippen molar-refractivity contribution in [2.24, 2.45) is 11.8 Å². The predicted octanol–water partition coefficient (Wildman–Crippen LogP) is 5.33. The Morgan fingerprint density at radius 2 is 2.06 bits per heavy atom. The minimum atomic E-state index is 0.654. The number of allylic oxidation sites excluding steroid dienone is 3. The SMILES string of the molecule is C=C(C)[C@H]1CCC(C)=C[C@@H]1CSc1ccccc1. The van der Waals surface area contributed by atoms with Gasteiger partial charge in [0.25, 0.3) is 0 Å². The Hall–Kier alpha value is -0.950. The molecule has 0 nitrogen and oxygen atoms in total. The summed E-state index contributed by atoms with van der Waals surface area (Å²) in [5.41, 5.74) is 2.89. The molecule has 1 aromatic rings. The maximum absolute atomic E-state index is 4.17. The van der Waals surface area contributed by atoms with Gasteiger partial charge in [-0.1, -0.05) is 42.0 Å². The van der Waals surface area contributed by atoms with Crippen molar-refractivity contribution in [3.8, 4) is 0 Å². The first kappa shape index (κ1) is 13.5. The van der Waals surface area contributed by atoms with Crippen molar-refractivity contribution in [3.63, 3.8) is 0 Å². The van der Waals surface area contributed by atoms with Gasteiger partial charge < -0.3 is 0 Å². The van der Waals surface area contributed by atoms with Crippen molar-refractivity contribution < 1.29 is 0 Å². The number of benzene rings is 1. The molecule has 0 saturated heterocycles. The second-order valence-electron chi connectivity index (χ2n) is 5.29. The van der Waals surface area contributed by atoms with E-state index < -0.39 is 0 Å². The van der Waals surface area contributed by atoms with E-state index in [1.54, 1.807) is 5.57 Å². The molecule has 18 heavy (non-hydrogen) atoms. The van der Waals surface area contributed by atoms with E-state index in [1.807, 2.05) is 11.8 Å². The van der Waals surface area contributed by atoms with E-state index in [1.165, 1.54) is 29.1 Å². The van der Waals surface area contributed by atoms with Crippen LogP contribution in [0.5, 0.6) is 0 Å². The highest BCUT2D eigenvalue weighted by molar-refractivity contribution is 7.99. The Bertz CT molecular complexity index is 430. The molecular formula is C17H22S. The molecule has 0 radical (unpaired) electrons. The fourth-order valence-electron chi connectivity index (χ4n) is 2.65. The topological polar surface area (TPSA) is 0 Å². The first-order valence-electron chi connectivity index (χ1n) is 6.67. The van der Waals surface area contributed by atoms with Gasteiger partial charge in [0.1, 0.15) is 0 Å². The number of thioether (sulfide) groups is 1. The molecular weight excluding hydrogens is 236 g/mol. The van der Waals surface area contributed by atoms with Crippen LogP contribution in [-0.2, 0) is 0 Å². The lowest BCUT2D eigenvalue weighted by molar-refractivity contribution is 0.433. The number of hydrogen-bond acceptors (Lipinski definition) is 1. The van der Waals surface area contributed by atoms with Crippen LogP contribution in [0.25, 0.3) is 0 Å². The van der Waals surface area contributed by atoms with Crippen molar-refractivity contribution in [1.82, 2.24) is 0 Å². The first-order valence-corrected chi connectivity index (χ1v) is 7.66. The first-order chi connectivity index (χ1) is 8.66. The second-order valence-corrected chi connectivity index (χ2v) is 6.39. The predicted molar refractivity (Wildman–Crippen MR) is 82.0 cm³/mol.